The number of amides is 1. The molecule has 1 N–H and O–H groups in total. The van der Waals surface area contributed by atoms with Gasteiger partial charge in [0.15, 0.2) is 16.8 Å². The largest absolute Gasteiger partial charge is 0.298 e. The van der Waals surface area contributed by atoms with Crippen molar-refractivity contribution < 1.29 is 18.5 Å². The Hall–Kier alpha value is -2.94. The third kappa shape index (κ3) is 2.99. The van der Waals surface area contributed by atoms with Crippen LogP contribution in [0.3, 0.4) is 0 Å². The van der Waals surface area contributed by atoms with Crippen LogP contribution in [0.25, 0.3) is 10.2 Å². The molecule has 1 aromatic heterocycles. The maximum atomic E-state index is 13.1. The van der Waals surface area contributed by atoms with Crippen molar-refractivity contribution in [2.75, 3.05) is 5.32 Å². The zero-order valence-electron chi connectivity index (χ0n) is 11.2. The molecule has 2 aromatic carbocycles. The van der Waals surface area contributed by atoms with Gasteiger partial charge in [0.25, 0.3) is 11.6 Å². The summed E-state index contributed by atoms with van der Waals surface area (Å²) in [4.78, 5) is 26.2. The SMILES string of the molecule is O=C(Nc1nc2cc([N+](=O)[O-])ccc2s1)c1ccc(F)c(F)c1. The molecule has 0 aliphatic rings. The molecule has 9 heteroatoms. The number of rotatable bonds is 3. The number of fused-ring (bicyclic) bond motifs is 1. The molecule has 3 rings (SSSR count). The van der Waals surface area contributed by atoms with E-state index in [-0.39, 0.29) is 16.4 Å². The summed E-state index contributed by atoms with van der Waals surface area (Å²) >= 11 is 1.11. The van der Waals surface area contributed by atoms with Crippen LogP contribution in [0.4, 0.5) is 19.6 Å². The quantitative estimate of drug-likeness (QED) is 0.584. The van der Waals surface area contributed by atoms with Crippen LogP contribution in [0, 0.1) is 21.7 Å². The summed E-state index contributed by atoms with van der Waals surface area (Å²) in [5.74, 6) is -2.83. The molecule has 6 nitrogen and oxygen atoms in total. The van der Waals surface area contributed by atoms with Crippen LogP contribution in [0.5, 0.6) is 0 Å². The summed E-state index contributed by atoms with van der Waals surface area (Å²) in [5.41, 5.74) is 0.195. The molecule has 0 fully saturated rings. The van der Waals surface area contributed by atoms with E-state index in [2.05, 4.69) is 10.3 Å². The molecule has 116 valence electrons. The van der Waals surface area contributed by atoms with Crippen LogP contribution in [-0.4, -0.2) is 15.8 Å². The number of non-ortho nitro benzene ring substituents is 1. The van der Waals surface area contributed by atoms with E-state index in [1.807, 2.05) is 0 Å². The summed E-state index contributed by atoms with van der Waals surface area (Å²) in [6.07, 6.45) is 0. The van der Waals surface area contributed by atoms with Gasteiger partial charge in [0, 0.05) is 17.7 Å². The van der Waals surface area contributed by atoms with Gasteiger partial charge in [-0.2, -0.15) is 0 Å². The van der Waals surface area contributed by atoms with Gasteiger partial charge in [-0.25, -0.2) is 13.8 Å². The lowest BCUT2D eigenvalue weighted by Gasteiger charge is -2.01. The molecule has 0 unspecified atom stereocenters. The maximum Gasteiger partial charge on any atom is 0.271 e. The van der Waals surface area contributed by atoms with Crippen molar-refractivity contribution in [1.82, 2.24) is 4.98 Å². The number of halogens is 2. The van der Waals surface area contributed by atoms with Gasteiger partial charge in [-0.05, 0) is 24.3 Å². The normalized spacial score (nSPS) is 10.7. The van der Waals surface area contributed by atoms with E-state index in [1.54, 1.807) is 0 Å². The van der Waals surface area contributed by atoms with Gasteiger partial charge in [0.2, 0.25) is 0 Å². The van der Waals surface area contributed by atoms with Crippen LogP contribution in [0.2, 0.25) is 0 Å². The Labute approximate surface area is 131 Å². The highest BCUT2D eigenvalue weighted by Gasteiger charge is 2.14. The molecule has 0 radical (unpaired) electrons. The number of nitro groups is 1. The number of anilines is 1. The summed E-state index contributed by atoms with van der Waals surface area (Å²) in [7, 11) is 0. The van der Waals surface area contributed by atoms with Gasteiger partial charge in [-0.1, -0.05) is 11.3 Å². The second-order valence-corrected chi connectivity index (χ2v) is 5.54. The fourth-order valence-electron chi connectivity index (χ4n) is 1.89. The Bertz CT molecular complexity index is 942. The summed E-state index contributed by atoms with van der Waals surface area (Å²) < 4.78 is 26.6. The first-order valence-electron chi connectivity index (χ1n) is 6.25. The third-order valence-corrected chi connectivity index (χ3v) is 3.94. The molecule has 0 saturated heterocycles. The number of benzene rings is 2. The Balaban J connectivity index is 1.87. The molecular formula is C14H7F2N3O3S. The van der Waals surface area contributed by atoms with Gasteiger partial charge in [-0.15, -0.1) is 0 Å². The number of carbonyl (C=O) groups excluding carboxylic acids is 1. The lowest BCUT2D eigenvalue weighted by molar-refractivity contribution is -0.384. The van der Waals surface area contributed by atoms with E-state index in [1.165, 1.54) is 18.2 Å². The van der Waals surface area contributed by atoms with Gasteiger partial charge in [-0.3, -0.25) is 20.2 Å². The van der Waals surface area contributed by atoms with Crippen molar-refractivity contribution in [3.63, 3.8) is 0 Å². The van der Waals surface area contributed by atoms with Crippen molar-refractivity contribution in [3.8, 4) is 0 Å². The molecule has 0 bridgehead atoms. The number of hydrogen-bond acceptors (Lipinski definition) is 5. The van der Waals surface area contributed by atoms with E-state index in [4.69, 9.17) is 0 Å². The Morgan fingerprint density at radius 1 is 1.17 bits per heavy atom. The predicted molar refractivity (Wildman–Crippen MR) is 80.6 cm³/mol. The van der Waals surface area contributed by atoms with Crippen molar-refractivity contribution in [3.05, 3.63) is 63.7 Å². The Morgan fingerprint density at radius 2 is 1.96 bits per heavy atom. The number of nitrogens with zero attached hydrogens (tertiary/aromatic N) is 2. The molecule has 3 aromatic rings. The molecule has 0 aliphatic carbocycles. The highest BCUT2D eigenvalue weighted by molar-refractivity contribution is 7.22. The van der Waals surface area contributed by atoms with Crippen molar-refractivity contribution >= 4 is 38.3 Å². The fraction of sp³-hybridized carbons (Fsp3) is 0. The molecule has 1 amide bonds. The standard InChI is InChI=1S/C14H7F2N3O3S/c15-9-3-1-7(5-10(9)16)13(20)18-14-17-11-6-8(19(21)22)2-4-12(11)23-14/h1-6H,(H,17,18,20). The smallest absolute Gasteiger partial charge is 0.271 e. The number of nitro benzene ring substituents is 1. The Morgan fingerprint density at radius 3 is 2.65 bits per heavy atom. The van der Waals surface area contributed by atoms with E-state index in [0.717, 1.165) is 29.5 Å². The zero-order chi connectivity index (χ0) is 16.6. The van der Waals surface area contributed by atoms with Crippen LogP contribution < -0.4 is 5.32 Å². The lowest BCUT2D eigenvalue weighted by atomic mass is 10.2. The van der Waals surface area contributed by atoms with Crippen molar-refractivity contribution in [1.29, 1.82) is 0 Å². The molecule has 0 spiro atoms. The summed E-state index contributed by atoms with van der Waals surface area (Å²) in [6, 6.07) is 6.93. The highest BCUT2D eigenvalue weighted by Crippen LogP contribution is 2.29. The van der Waals surface area contributed by atoms with E-state index < -0.39 is 22.5 Å². The van der Waals surface area contributed by atoms with Gasteiger partial charge < -0.3 is 0 Å². The lowest BCUT2D eigenvalue weighted by Crippen LogP contribution is -2.12. The fourth-order valence-corrected chi connectivity index (χ4v) is 2.73. The molecule has 1 heterocycles. The van der Waals surface area contributed by atoms with Gasteiger partial charge >= 0.3 is 0 Å². The highest BCUT2D eigenvalue weighted by atomic mass is 32.1. The topological polar surface area (TPSA) is 85.1 Å². The number of aromatic nitrogens is 1. The first-order valence-corrected chi connectivity index (χ1v) is 7.07. The minimum atomic E-state index is -1.13. The first kappa shape index (κ1) is 15.0. The maximum absolute atomic E-state index is 13.1. The average Bonchev–Trinajstić information content (AvgIpc) is 2.90. The predicted octanol–water partition coefficient (Wildman–Crippen LogP) is 3.74. The molecule has 0 aliphatic heterocycles. The minimum absolute atomic E-state index is 0.0610. The average molecular weight is 335 g/mol. The van der Waals surface area contributed by atoms with Gasteiger partial charge in [0.05, 0.1) is 15.1 Å². The van der Waals surface area contributed by atoms with Crippen LogP contribution >= 0.6 is 11.3 Å². The number of carbonyl (C=O) groups is 1. The summed E-state index contributed by atoms with van der Waals surface area (Å²) in [6.45, 7) is 0. The van der Waals surface area contributed by atoms with Crippen LogP contribution in [0.15, 0.2) is 36.4 Å². The number of hydrogen-bond donors (Lipinski definition) is 1. The van der Waals surface area contributed by atoms with E-state index >= 15 is 0 Å². The second kappa shape index (κ2) is 5.69. The van der Waals surface area contributed by atoms with E-state index in [0.29, 0.717) is 10.2 Å². The van der Waals surface area contributed by atoms with Crippen LogP contribution in [-0.2, 0) is 0 Å². The molecule has 0 saturated carbocycles. The number of thiazole rings is 1. The first-order chi connectivity index (χ1) is 10.9. The summed E-state index contributed by atoms with van der Waals surface area (Å²) in [5, 5.41) is 13.4. The minimum Gasteiger partial charge on any atom is -0.298 e. The zero-order valence-corrected chi connectivity index (χ0v) is 12.1. The monoisotopic (exact) mass is 335 g/mol. The van der Waals surface area contributed by atoms with Crippen molar-refractivity contribution in [2.24, 2.45) is 0 Å². The Kier molecular flexibility index (Phi) is 3.70. The van der Waals surface area contributed by atoms with Crippen LogP contribution in [0.1, 0.15) is 10.4 Å². The number of nitrogens with one attached hydrogen (secondary N) is 1. The van der Waals surface area contributed by atoms with Crippen molar-refractivity contribution in [2.45, 2.75) is 0 Å². The second-order valence-electron chi connectivity index (χ2n) is 4.51. The van der Waals surface area contributed by atoms with E-state index in [9.17, 15) is 23.7 Å². The van der Waals surface area contributed by atoms with Gasteiger partial charge in [0.1, 0.15) is 0 Å². The third-order valence-electron chi connectivity index (χ3n) is 2.98. The molecular weight excluding hydrogens is 328 g/mol. The molecule has 23 heavy (non-hydrogen) atoms. The molecule has 0 atom stereocenters.